The van der Waals surface area contributed by atoms with Crippen molar-refractivity contribution in [3.8, 4) is 11.5 Å². The molecule has 1 amide bonds. The lowest BCUT2D eigenvalue weighted by Gasteiger charge is -2.13. The average Bonchev–Trinajstić information content (AvgIpc) is 3.29. The second-order valence-electron chi connectivity index (χ2n) is 6.78. The zero-order chi connectivity index (χ0) is 22.3. The average molecular weight is 450 g/mol. The number of H-pyrrole nitrogens is 1. The van der Waals surface area contributed by atoms with Crippen molar-refractivity contribution in [2.75, 3.05) is 18.5 Å². The first-order valence-electron chi connectivity index (χ1n) is 10.2. The molecule has 0 saturated carbocycles. The maximum Gasteiger partial charge on any atom is 0.255 e. The van der Waals surface area contributed by atoms with Gasteiger partial charge in [0.05, 0.1) is 24.8 Å². The lowest BCUT2D eigenvalue weighted by molar-refractivity contribution is 0.102. The summed E-state index contributed by atoms with van der Waals surface area (Å²) in [5, 5.41) is 11.5. The van der Waals surface area contributed by atoms with Gasteiger partial charge in [0.2, 0.25) is 0 Å². The summed E-state index contributed by atoms with van der Waals surface area (Å²) in [6.07, 6.45) is 3.23. The van der Waals surface area contributed by atoms with E-state index >= 15 is 0 Å². The molecule has 0 fully saturated rings. The van der Waals surface area contributed by atoms with Gasteiger partial charge in [0.25, 0.3) is 5.91 Å². The molecule has 164 valence electrons. The zero-order valence-electron chi connectivity index (χ0n) is 17.8. The van der Waals surface area contributed by atoms with Crippen LogP contribution in [0.1, 0.15) is 29.8 Å². The molecule has 9 heteroatoms. The van der Waals surface area contributed by atoms with Crippen LogP contribution in [0.3, 0.4) is 0 Å². The predicted molar refractivity (Wildman–Crippen MR) is 124 cm³/mol. The van der Waals surface area contributed by atoms with E-state index in [-0.39, 0.29) is 5.91 Å². The minimum Gasteiger partial charge on any atom is -0.490 e. The summed E-state index contributed by atoms with van der Waals surface area (Å²) in [4.78, 5) is 21.3. The highest BCUT2D eigenvalue weighted by atomic mass is 32.2. The van der Waals surface area contributed by atoms with Gasteiger partial charge in [0, 0.05) is 23.1 Å². The Labute approximate surface area is 189 Å². The predicted octanol–water partition coefficient (Wildman–Crippen LogP) is 4.69. The van der Waals surface area contributed by atoms with Gasteiger partial charge in [-0.15, -0.1) is 11.8 Å². The smallest absolute Gasteiger partial charge is 0.255 e. The fourth-order valence-electron chi connectivity index (χ4n) is 3.14. The highest BCUT2D eigenvalue weighted by molar-refractivity contribution is 7.98. The van der Waals surface area contributed by atoms with Crippen LogP contribution in [0.15, 0.2) is 60.0 Å². The van der Waals surface area contributed by atoms with E-state index in [1.54, 1.807) is 42.2 Å². The maximum absolute atomic E-state index is 12.8. The SMILES string of the molecule is CCOc1ccc(NC(=O)c2cccc(CSc3ncnc4[nH]ncc34)c2)cc1OCC. The minimum atomic E-state index is -0.192. The van der Waals surface area contributed by atoms with Crippen molar-refractivity contribution in [1.82, 2.24) is 20.2 Å². The zero-order valence-corrected chi connectivity index (χ0v) is 18.6. The summed E-state index contributed by atoms with van der Waals surface area (Å²) < 4.78 is 11.2. The van der Waals surface area contributed by atoms with Gasteiger partial charge in [-0.1, -0.05) is 12.1 Å². The molecule has 0 bridgehead atoms. The number of nitrogens with one attached hydrogen (secondary N) is 2. The number of carbonyl (C=O) groups excluding carboxylic acids is 1. The number of hydrogen-bond donors (Lipinski definition) is 2. The number of carbonyl (C=O) groups is 1. The van der Waals surface area contributed by atoms with Crippen molar-refractivity contribution >= 4 is 34.4 Å². The minimum absolute atomic E-state index is 0.192. The number of fused-ring (bicyclic) bond motifs is 1. The van der Waals surface area contributed by atoms with Crippen molar-refractivity contribution in [2.24, 2.45) is 0 Å². The molecule has 32 heavy (non-hydrogen) atoms. The van der Waals surface area contributed by atoms with E-state index in [2.05, 4.69) is 25.5 Å². The molecule has 0 aliphatic carbocycles. The third-order valence-corrected chi connectivity index (χ3v) is 5.65. The Balaban J connectivity index is 1.45. The molecular weight excluding hydrogens is 426 g/mol. The molecule has 4 rings (SSSR count). The number of benzene rings is 2. The van der Waals surface area contributed by atoms with E-state index in [1.165, 1.54) is 6.33 Å². The van der Waals surface area contributed by atoms with Crippen LogP contribution in [0, 0.1) is 0 Å². The van der Waals surface area contributed by atoms with Gasteiger partial charge < -0.3 is 14.8 Å². The quantitative estimate of drug-likeness (QED) is 0.282. The number of hydrogen-bond acceptors (Lipinski definition) is 7. The molecule has 2 aromatic heterocycles. The van der Waals surface area contributed by atoms with Gasteiger partial charge >= 0.3 is 0 Å². The fraction of sp³-hybridized carbons (Fsp3) is 0.217. The first-order valence-corrected chi connectivity index (χ1v) is 11.2. The molecule has 2 heterocycles. The monoisotopic (exact) mass is 449 g/mol. The highest BCUT2D eigenvalue weighted by Crippen LogP contribution is 2.31. The number of rotatable bonds is 9. The molecule has 0 saturated heterocycles. The number of anilines is 1. The third-order valence-electron chi connectivity index (χ3n) is 4.58. The first-order chi connectivity index (χ1) is 15.7. The Kier molecular flexibility index (Phi) is 6.86. The Morgan fingerprint density at radius 3 is 2.75 bits per heavy atom. The maximum atomic E-state index is 12.8. The van der Waals surface area contributed by atoms with Crippen LogP contribution in [0.4, 0.5) is 5.69 Å². The van der Waals surface area contributed by atoms with Crippen LogP contribution in [0.25, 0.3) is 11.0 Å². The molecule has 8 nitrogen and oxygen atoms in total. The van der Waals surface area contributed by atoms with Crippen molar-refractivity contribution in [2.45, 2.75) is 24.6 Å². The Hall–Kier alpha value is -3.59. The molecule has 4 aromatic rings. The molecule has 0 aliphatic heterocycles. The van der Waals surface area contributed by atoms with Crippen LogP contribution in [-0.4, -0.2) is 39.3 Å². The van der Waals surface area contributed by atoms with E-state index in [9.17, 15) is 4.79 Å². The number of nitrogens with zero attached hydrogens (tertiary/aromatic N) is 3. The van der Waals surface area contributed by atoms with E-state index in [0.29, 0.717) is 47.4 Å². The molecule has 0 unspecified atom stereocenters. The van der Waals surface area contributed by atoms with Gasteiger partial charge in [0.1, 0.15) is 11.4 Å². The van der Waals surface area contributed by atoms with Gasteiger partial charge in [-0.2, -0.15) is 5.10 Å². The normalized spacial score (nSPS) is 10.8. The molecular formula is C23H23N5O3S. The second-order valence-corrected chi connectivity index (χ2v) is 7.75. The number of thioether (sulfide) groups is 1. The standard InChI is InChI=1S/C23H23N5O3S/c1-3-30-19-9-8-17(11-20(19)31-4-2)27-22(29)16-7-5-6-15(10-16)13-32-23-18-12-26-28-21(18)24-14-25-23/h5-12,14H,3-4,13H2,1-2H3,(H,27,29)(H,24,25,26,28). The molecule has 0 atom stereocenters. The first kappa shape index (κ1) is 21.6. The largest absolute Gasteiger partial charge is 0.490 e. The highest BCUT2D eigenvalue weighted by Gasteiger charge is 2.12. The van der Waals surface area contributed by atoms with Gasteiger partial charge in [-0.25, -0.2) is 9.97 Å². The molecule has 0 aliphatic rings. The number of ether oxygens (including phenoxy) is 2. The van der Waals surface area contributed by atoms with Crippen molar-refractivity contribution in [1.29, 1.82) is 0 Å². The lowest BCUT2D eigenvalue weighted by Crippen LogP contribution is -2.12. The fourth-order valence-corrected chi connectivity index (χ4v) is 4.05. The molecule has 2 aromatic carbocycles. The van der Waals surface area contributed by atoms with E-state index in [1.807, 2.05) is 32.0 Å². The van der Waals surface area contributed by atoms with E-state index in [4.69, 9.17) is 9.47 Å². The second kappa shape index (κ2) is 10.1. The molecule has 0 spiro atoms. The van der Waals surface area contributed by atoms with Gasteiger partial charge in [-0.3, -0.25) is 9.89 Å². The van der Waals surface area contributed by atoms with Crippen molar-refractivity contribution in [3.63, 3.8) is 0 Å². The van der Waals surface area contributed by atoms with Crippen molar-refractivity contribution < 1.29 is 14.3 Å². The Morgan fingerprint density at radius 2 is 1.91 bits per heavy atom. The van der Waals surface area contributed by atoms with Crippen LogP contribution >= 0.6 is 11.8 Å². The number of aromatic amines is 1. The van der Waals surface area contributed by atoms with Crippen molar-refractivity contribution in [3.05, 3.63) is 66.1 Å². The lowest BCUT2D eigenvalue weighted by atomic mass is 10.1. The van der Waals surface area contributed by atoms with Gasteiger partial charge in [0.15, 0.2) is 17.1 Å². The van der Waals surface area contributed by atoms with E-state index < -0.39 is 0 Å². The summed E-state index contributed by atoms with van der Waals surface area (Å²) in [6.45, 7) is 4.87. The number of aromatic nitrogens is 4. The topological polar surface area (TPSA) is 102 Å². The van der Waals surface area contributed by atoms with Crippen LogP contribution in [0.5, 0.6) is 11.5 Å². The summed E-state index contributed by atoms with van der Waals surface area (Å²) in [6, 6.07) is 12.9. The molecule has 0 radical (unpaired) electrons. The van der Waals surface area contributed by atoms with Crippen LogP contribution < -0.4 is 14.8 Å². The van der Waals surface area contributed by atoms with Crippen LogP contribution in [-0.2, 0) is 5.75 Å². The molecule has 2 N–H and O–H groups in total. The van der Waals surface area contributed by atoms with Gasteiger partial charge in [-0.05, 0) is 43.7 Å². The third kappa shape index (κ3) is 5.00. The summed E-state index contributed by atoms with van der Waals surface area (Å²) in [5.74, 6) is 1.73. The van der Waals surface area contributed by atoms with E-state index in [0.717, 1.165) is 16.0 Å². The number of amides is 1. The Morgan fingerprint density at radius 1 is 1.06 bits per heavy atom. The van der Waals surface area contributed by atoms with Crippen LogP contribution in [0.2, 0.25) is 0 Å². The Bertz CT molecular complexity index is 1230. The summed E-state index contributed by atoms with van der Waals surface area (Å²) in [7, 11) is 0. The summed E-state index contributed by atoms with van der Waals surface area (Å²) in [5.41, 5.74) is 2.94. The summed E-state index contributed by atoms with van der Waals surface area (Å²) >= 11 is 1.57.